The van der Waals surface area contributed by atoms with Gasteiger partial charge in [0.15, 0.2) is 11.5 Å². The van der Waals surface area contributed by atoms with Crippen molar-refractivity contribution < 1.29 is 4.74 Å². The Morgan fingerprint density at radius 3 is 2.19 bits per heavy atom. The molecular weight excluding hydrogens is 400 g/mol. The van der Waals surface area contributed by atoms with E-state index >= 15 is 0 Å². The Morgan fingerprint density at radius 1 is 0.935 bits per heavy atom. The summed E-state index contributed by atoms with van der Waals surface area (Å²) >= 11 is 0. The Morgan fingerprint density at radius 2 is 1.58 bits per heavy atom. The van der Waals surface area contributed by atoms with E-state index in [1.807, 2.05) is 53.2 Å². The number of nitrogens with zero attached hydrogens (tertiary/aromatic N) is 4. The van der Waals surface area contributed by atoms with Gasteiger partial charge in [-0.3, -0.25) is 0 Å². The predicted molar refractivity (Wildman–Crippen MR) is 130 cm³/mol. The van der Waals surface area contributed by atoms with Crippen molar-refractivity contribution in [1.82, 2.24) is 14.5 Å². The van der Waals surface area contributed by atoms with Gasteiger partial charge in [-0.2, -0.15) is 0 Å². The number of ether oxygens (including phenoxy) is 1. The molecule has 5 nitrogen and oxygen atoms in total. The quantitative estimate of drug-likeness (QED) is 0.199. The first-order chi connectivity index (χ1) is 15.0. The lowest BCUT2D eigenvalue weighted by atomic mass is 10.0. The molecule has 0 saturated heterocycles. The van der Waals surface area contributed by atoms with Gasteiger partial charge >= 0.3 is 0 Å². The van der Waals surface area contributed by atoms with E-state index in [1.54, 1.807) is 6.20 Å². The normalized spacial score (nSPS) is 11.6. The van der Waals surface area contributed by atoms with Gasteiger partial charge in [-0.25, -0.2) is 15.0 Å². The topological polar surface area (TPSA) is 52.3 Å². The first kappa shape index (κ1) is 21.2. The third-order valence-corrected chi connectivity index (χ3v) is 6.70. The second kappa shape index (κ2) is 9.37. The van der Waals surface area contributed by atoms with Crippen molar-refractivity contribution in [3.05, 3.63) is 90.3 Å². The van der Waals surface area contributed by atoms with E-state index < -0.39 is 8.07 Å². The Kier molecular flexibility index (Phi) is 6.39. The van der Waals surface area contributed by atoms with Gasteiger partial charge in [0, 0.05) is 32.0 Å². The Labute approximate surface area is 184 Å². The lowest BCUT2D eigenvalue weighted by molar-refractivity contribution is 0.0899. The van der Waals surface area contributed by atoms with E-state index in [2.05, 4.69) is 48.9 Å². The van der Waals surface area contributed by atoms with E-state index in [1.165, 1.54) is 0 Å². The molecule has 0 radical (unpaired) electrons. The van der Waals surface area contributed by atoms with Crippen LogP contribution in [-0.2, 0) is 11.5 Å². The summed E-state index contributed by atoms with van der Waals surface area (Å²) in [4.78, 5) is 14.3. The molecule has 0 bridgehead atoms. The Bertz CT molecular complexity index is 1120. The zero-order valence-corrected chi connectivity index (χ0v) is 19.3. The lowest BCUT2D eigenvalue weighted by Crippen LogP contribution is -2.22. The zero-order valence-electron chi connectivity index (χ0n) is 18.3. The van der Waals surface area contributed by atoms with E-state index in [0.29, 0.717) is 12.5 Å². The minimum Gasteiger partial charge on any atom is -0.361 e. The maximum absolute atomic E-state index is 5.92. The van der Waals surface area contributed by atoms with Gasteiger partial charge < -0.3 is 9.30 Å². The minimum atomic E-state index is -1.10. The maximum Gasteiger partial charge on any atom is 0.173 e. The largest absolute Gasteiger partial charge is 0.361 e. The van der Waals surface area contributed by atoms with Gasteiger partial charge in [0.2, 0.25) is 0 Å². The highest BCUT2D eigenvalue weighted by Crippen LogP contribution is 2.20. The molecule has 0 aliphatic rings. The van der Waals surface area contributed by atoms with E-state index in [-0.39, 0.29) is 0 Å². The van der Waals surface area contributed by atoms with Crippen molar-refractivity contribution in [2.24, 2.45) is 4.99 Å². The molecule has 2 heterocycles. The first-order valence-corrected chi connectivity index (χ1v) is 14.3. The summed E-state index contributed by atoms with van der Waals surface area (Å²) < 4.78 is 7.91. The SMILES string of the molecule is C[Si](C)(C)CCOCn1ccc2ncc(N=C(c3ccccc3)c3ccccc3)nc21. The molecule has 4 aromatic rings. The molecule has 0 saturated carbocycles. The van der Waals surface area contributed by atoms with E-state index in [9.17, 15) is 0 Å². The molecule has 4 rings (SSSR count). The Hall–Kier alpha value is -3.09. The van der Waals surface area contributed by atoms with Crippen LogP contribution in [0.4, 0.5) is 5.82 Å². The van der Waals surface area contributed by atoms with Crippen molar-refractivity contribution in [2.75, 3.05) is 6.61 Å². The van der Waals surface area contributed by atoms with Crippen LogP contribution in [0, 0.1) is 0 Å². The molecule has 0 unspecified atom stereocenters. The molecular formula is C25H28N4OSi. The fourth-order valence-electron chi connectivity index (χ4n) is 3.24. The molecule has 0 fully saturated rings. The number of rotatable bonds is 8. The predicted octanol–water partition coefficient (Wildman–Crippen LogP) is 5.91. The highest BCUT2D eigenvalue weighted by molar-refractivity contribution is 6.76. The fourth-order valence-corrected chi connectivity index (χ4v) is 4.00. The number of aromatic nitrogens is 3. The molecule has 0 aliphatic heterocycles. The van der Waals surface area contributed by atoms with Crippen LogP contribution in [0.1, 0.15) is 11.1 Å². The summed E-state index contributed by atoms with van der Waals surface area (Å²) in [6, 6.07) is 23.5. The van der Waals surface area contributed by atoms with Gasteiger partial charge in [0.1, 0.15) is 12.2 Å². The highest BCUT2D eigenvalue weighted by atomic mass is 28.3. The van der Waals surface area contributed by atoms with Gasteiger partial charge in [-0.1, -0.05) is 80.3 Å². The number of fused-ring (bicyclic) bond motifs is 1. The lowest BCUT2D eigenvalue weighted by Gasteiger charge is -2.15. The second-order valence-corrected chi connectivity index (χ2v) is 14.4. The molecule has 0 atom stereocenters. The fraction of sp³-hybridized carbons (Fsp3) is 0.240. The van der Waals surface area contributed by atoms with Crippen molar-refractivity contribution in [1.29, 1.82) is 0 Å². The van der Waals surface area contributed by atoms with Crippen LogP contribution in [0.5, 0.6) is 0 Å². The summed E-state index contributed by atoms with van der Waals surface area (Å²) in [5.41, 5.74) is 4.59. The van der Waals surface area contributed by atoms with Gasteiger partial charge in [-0.05, 0) is 12.1 Å². The smallest absolute Gasteiger partial charge is 0.173 e. The average Bonchev–Trinajstić information content (AvgIpc) is 3.18. The second-order valence-electron chi connectivity index (χ2n) is 8.76. The molecule has 2 aromatic carbocycles. The summed E-state index contributed by atoms with van der Waals surface area (Å²) in [5, 5.41) is 0. The summed E-state index contributed by atoms with van der Waals surface area (Å²) in [5.74, 6) is 0.581. The molecule has 0 spiro atoms. The van der Waals surface area contributed by atoms with Gasteiger partial charge in [-0.15, -0.1) is 0 Å². The number of aliphatic imine (C=N–C) groups is 1. The first-order valence-electron chi connectivity index (χ1n) is 10.6. The molecule has 31 heavy (non-hydrogen) atoms. The summed E-state index contributed by atoms with van der Waals surface area (Å²) in [6.07, 6.45) is 3.70. The van der Waals surface area contributed by atoms with Crippen LogP contribution < -0.4 is 0 Å². The number of hydrogen-bond acceptors (Lipinski definition) is 4. The van der Waals surface area contributed by atoms with E-state index in [4.69, 9.17) is 14.7 Å². The molecule has 0 amide bonds. The maximum atomic E-state index is 5.92. The summed E-state index contributed by atoms with van der Waals surface area (Å²) in [7, 11) is -1.10. The highest BCUT2D eigenvalue weighted by Gasteiger charge is 2.13. The standard InChI is InChI=1S/C25H28N4OSi/c1-31(2,3)17-16-30-19-29-15-14-22-25(29)28-23(18-26-22)27-24(20-10-6-4-7-11-20)21-12-8-5-9-13-21/h4-15,18H,16-17,19H2,1-3H3. The van der Waals surface area contributed by atoms with Crippen LogP contribution in [0.3, 0.4) is 0 Å². The van der Waals surface area contributed by atoms with Crippen molar-refractivity contribution in [2.45, 2.75) is 32.4 Å². The molecule has 2 aromatic heterocycles. The van der Waals surface area contributed by atoms with Gasteiger partial charge in [0.25, 0.3) is 0 Å². The molecule has 0 N–H and O–H groups in total. The third-order valence-electron chi connectivity index (χ3n) is 5.00. The van der Waals surface area contributed by atoms with Crippen molar-refractivity contribution >= 4 is 30.8 Å². The van der Waals surface area contributed by atoms with Crippen LogP contribution in [0.2, 0.25) is 25.7 Å². The number of hydrogen-bond donors (Lipinski definition) is 0. The van der Waals surface area contributed by atoms with Crippen LogP contribution in [0.25, 0.3) is 11.2 Å². The monoisotopic (exact) mass is 428 g/mol. The third kappa shape index (κ3) is 5.54. The average molecular weight is 429 g/mol. The minimum absolute atomic E-state index is 0.472. The van der Waals surface area contributed by atoms with Crippen LogP contribution >= 0.6 is 0 Å². The number of benzene rings is 2. The zero-order chi connectivity index (χ0) is 21.7. The van der Waals surface area contributed by atoms with Crippen molar-refractivity contribution in [3.8, 4) is 0 Å². The molecule has 158 valence electrons. The van der Waals surface area contributed by atoms with Crippen LogP contribution in [0.15, 0.2) is 84.1 Å². The van der Waals surface area contributed by atoms with Gasteiger partial charge in [0.05, 0.1) is 11.9 Å². The Balaban J connectivity index is 1.64. The van der Waals surface area contributed by atoms with Crippen molar-refractivity contribution in [3.63, 3.8) is 0 Å². The molecule has 6 heteroatoms. The molecule has 0 aliphatic carbocycles. The van der Waals surface area contributed by atoms with E-state index in [0.717, 1.165) is 40.7 Å². The summed E-state index contributed by atoms with van der Waals surface area (Å²) in [6.45, 7) is 8.31. The van der Waals surface area contributed by atoms with Crippen LogP contribution in [-0.4, -0.2) is 34.9 Å².